The average molecular weight is 403 g/mol. The van der Waals surface area contributed by atoms with Gasteiger partial charge in [0.15, 0.2) is 0 Å². The molecule has 0 amide bonds. The molecule has 0 saturated heterocycles. The number of aryl methyl sites for hydroxylation is 1. The number of aromatic nitrogens is 1. The SMILES string of the molecule is Cc1ccc(-c2nc(CCNS(=O)(=O)c3ccc([N+](=O)[O-])cc3)cs2)cc1. The van der Waals surface area contributed by atoms with Gasteiger partial charge in [-0.3, -0.25) is 10.1 Å². The van der Waals surface area contributed by atoms with Crippen molar-refractivity contribution in [3.8, 4) is 10.6 Å². The first-order valence-corrected chi connectivity index (χ1v) is 10.5. The van der Waals surface area contributed by atoms with E-state index in [2.05, 4.69) is 9.71 Å². The molecule has 2 aromatic carbocycles. The Morgan fingerprint density at radius 3 is 2.41 bits per heavy atom. The Kier molecular flexibility index (Phi) is 5.64. The van der Waals surface area contributed by atoms with Crippen molar-refractivity contribution in [1.29, 1.82) is 0 Å². The second kappa shape index (κ2) is 7.95. The number of thiazole rings is 1. The zero-order chi connectivity index (χ0) is 19.4. The third kappa shape index (κ3) is 4.76. The summed E-state index contributed by atoms with van der Waals surface area (Å²) in [5.74, 6) is 0. The highest BCUT2D eigenvalue weighted by atomic mass is 32.2. The molecule has 0 unspecified atom stereocenters. The van der Waals surface area contributed by atoms with Crippen LogP contribution in [0.25, 0.3) is 10.6 Å². The Balaban J connectivity index is 1.60. The van der Waals surface area contributed by atoms with E-state index in [0.29, 0.717) is 6.42 Å². The van der Waals surface area contributed by atoms with Gasteiger partial charge in [-0.05, 0) is 19.1 Å². The van der Waals surface area contributed by atoms with Crippen LogP contribution in [0.2, 0.25) is 0 Å². The zero-order valence-electron chi connectivity index (χ0n) is 14.5. The van der Waals surface area contributed by atoms with Crippen LogP contribution in [0.4, 0.5) is 5.69 Å². The summed E-state index contributed by atoms with van der Waals surface area (Å²) in [4.78, 5) is 14.6. The number of nitro groups is 1. The van der Waals surface area contributed by atoms with Gasteiger partial charge in [-0.2, -0.15) is 0 Å². The van der Waals surface area contributed by atoms with E-state index in [9.17, 15) is 18.5 Å². The zero-order valence-corrected chi connectivity index (χ0v) is 16.1. The monoisotopic (exact) mass is 403 g/mol. The van der Waals surface area contributed by atoms with Gasteiger partial charge >= 0.3 is 0 Å². The molecular formula is C18H17N3O4S2. The van der Waals surface area contributed by atoms with E-state index in [1.807, 2.05) is 36.6 Å². The number of nitro benzene ring substituents is 1. The van der Waals surface area contributed by atoms with Crippen LogP contribution in [0.15, 0.2) is 58.8 Å². The Hall–Kier alpha value is -2.62. The van der Waals surface area contributed by atoms with Crippen molar-refractivity contribution in [1.82, 2.24) is 9.71 Å². The third-order valence-electron chi connectivity index (χ3n) is 3.88. The Morgan fingerprint density at radius 1 is 1.11 bits per heavy atom. The van der Waals surface area contributed by atoms with Crippen molar-refractivity contribution in [2.24, 2.45) is 0 Å². The fourth-order valence-corrected chi connectivity index (χ4v) is 4.29. The minimum atomic E-state index is -3.72. The molecule has 0 spiro atoms. The van der Waals surface area contributed by atoms with Gasteiger partial charge in [0.05, 0.1) is 15.5 Å². The number of non-ortho nitro benzene ring substituents is 1. The van der Waals surface area contributed by atoms with Crippen LogP contribution in [0.3, 0.4) is 0 Å². The Morgan fingerprint density at radius 2 is 1.78 bits per heavy atom. The van der Waals surface area contributed by atoms with Crippen molar-refractivity contribution >= 4 is 27.0 Å². The molecule has 0 bridgehead atoms. The lowest BCUT2D eigenvalue weighted by Crippen LogP contribution is -2.26. The van der Waals surface area contributed by atoms with E-state index in [4.69, 9.17) is 0 Å². The van der Waals surface area contributed by atoms with Crippen LogP contribution < -0.4 is 4.72 Å². The lowest BCUT2D eigenvalue weighted by Gasteiger charge is -2.05. The van der Waals surface area contributed by atoms with E-state index in [0.717, 1.165) is 16.3 Å². The minimum Gasteiger partial charge on any atom is -0.258 e. The van der Waals surface area contributed by atoms with Gasteiger partial charge in [0.2, 0.25) is 10.0 Å². The number of hydrogen-bond donors (Lipinski definition) is 1. The predicted octanol–water partition coefficient (Wildman–Crippen LogP) is 3.55. The van der Waals surface area contributed by atoms with Crippen molar-refractivity contribution < 1.29 is 13.3 Å². The molecule has 3 rings (SSSR count). The highest BCUT2D eigenvalue weighted by Crippen LogP contribution is 2.24. The van der Waals surface area contributed by atoms with E-state index >= 15 is 0 Å². The molecular weight excluding hydrogens is 386 g/mol. The van der Waals surface area contributed by atoms with Crippen LogP contribution in [-0.2, 0) is 16.4 Å². The maximum Gasteiger partial charge on any atom is 0.269 e. The summed E-state index contributed by atoms with van der Waals surface area (Å²) in [5, 5.41) is 13.5. The molecule has 7 nitrogen and oxygen atoms in total. The van der Waals surface area contributed by atoms with Gasteiger partial charge in [-0.15, -0.1) is 11.3 Å². The quantitative estimate of drug-likeness (QED) is 0.480. The molecule has 1 N–H and O–H groups in total. The maximum atomic E-state index is 12.3. The van der Waals surface area contributed by atoms with Gasteiger partial charge in [-0.25, -0.2) is 18.1 Å². The van der Waals surface area contributed by atoms with Crippen molar-refractivity contribution in [3.63, 3.8) is 0 Å². The first-order chi connectivity index (χ1) is 12.8. The number of sulfonamides is 1. The largest absolute Gasteiger partial charge is 0.269 e. The summed E-state index contributed by atoms with van der Waals surface area (Å²) in [5.41, 5.74) is 2.86. The van der Waals surface area contributed by atoms with Gasteiger partial charge in [0.1, 0.15) is 5.01 Å². The number of rotatable bonds is 7. The first-order valence-electron chi connectivity index (χ1n) is 8.11. The molecule has 1 heterocycles. The lowest BCUT2D eigenvalue weighted by molar-refractivity contribution is -0.384. The summed E-state index contributed by atoms with van der Waals surface area (Å²) < 4.78 is 27.0. The highest BCUT2D eigenvalue weighted by Gasteiger charge is 2.15. The third-order valence-corrected chi connectivity index (χ3v) is 6.30. The van der Waals surface area contributed by atoms with Crippen molar-refractivity contribution in [2.75, 3.05) is 6.54 Å². The normalized spacial score (nSPS) is 11.4. The molecule has 0 radical (unpaired) electrons. The molecule has 27 heavy (non-hydrogen) atoms. The van der Waals surface area contributed by atoms with Crippen LogP contribution in [-0.4, -0.2) is 24.9 Å². The summed E-state index contributed by atoms with van der Waals surface area (Å²) in [7, 11) is -3.72. The van der Waals surface area contributed by atoms with Crippen molar-refractivity contribution in [3.05, 3.63) is 75.3 Å². The Bertz CT molecular complexity index is 1040. The summed E-state index contributed by atoms with van der Waals surface area (Å²) in [6.45, 7) is 2.21. The first kappa shape index (κ1) is 19.2. The van der Waals surface area contributed by atoms with Crippen LogP contribution in [0, 0.1) is 17.0 Å². The average Bonchev–Trinajstić information content (AvgIpc) is 3.11. The van der Waals surface area contributed by atoms with E-state index in [-0.39, 0.29) is 17.1 Å². The Labute approximate surface area is 160 Å². The molecule has 3 aromatic rings. The molecule has 140 valence electrons. The molecule has 0 aliphatic rings. The topological polar surface area (TPSA) is 102 Å². The number of nitrogens with one attached hydrogen (secondary N) is 1. The molecule has 0 fully saturated rings. The fourth-order valence-electron chi connectivity index (χ4n) is 2.39. The maximum absolute atomic E-state index is 12.3. The number of hydrogen-bond acceptors (Lipinski definition) is 6. The van der Waals surface area contributed by atoms with Gasteiger partial charge in [0.25, 0.3) is 5.69 Å². The van der Waals surface area contributed by atoms with E-state index < -0.39 is 14.9 Å². The predicted molar refractivity (Wildman–Crippen MR) is 104 cm³/mol. The number of nitrogens with zero attached hydrogens (tertiary/aromatic N) is 2. The molecule has 1 aromatic heterocycles. The smallest absolute Gasteiger partial charge is 0.258 e. The fraction of sp³-hybridized carbons (Fsp3) is 0.167. The standard InChI is InChI=1S/C18H17N3O4S2/c1-13-2-4-14(5-3-13)18-20-15(12-26-18)10-11-19-27(24,25)17-8-6-16(7-9-17)21(22)23/h2-9,12,19H,10-11H2,1H3. The van der Waals surface area contributed by atoms with Crippen LogP contribution in [0.1, 0.15) is 11.3 Å². The van der Waals surface area contributed by atoms with Crippen molar-refractivity contribution in [2.45, 2.75) is 18.2 Å². The number of benzene rings is 2. The van der Waals surface area contributed by atoms with Gasteiger partial charge < -0.3 is 0 Å². The van der Waals surface area contributed by atoms with Gasteiger partial charge in [-0.1, -0.05) is 29.8 Å². The molecule has 0 aliphatic carbocycles. The second-order valence-corrected chi connectivity index (χ2v) is 8.53. The summed E-state index contributed by atoms with van der Waals surface area (Å²) in [6, 6.07) is 12.8. The lowest BCUT2D eigenvalue weighted by atomic mass is 10.2. The van der Waals surface area contributed by atoms with E-state index in [1.54, 1.807) is 0 Å². The highest BCUT2D eigenvalue weighted by molar-refractivity contribution is 7.89. The molecule has 0 saturated carbocycles. The van der Waals surface area contributed by atoms with E-state index in [1.165, 1.54) is 41.2 Å². The van der Waals surface area contributed by atoms with Gasteiger partial charge in [0, 0.05) is 36.0 Å². The minimum absolute atomic E-state index is 0.00766. The summed E-state index contributed by atoms with van der Waals surface area (Å²) in [6.07, 6.45) is 0.453. The van der Waals surface area contributed by atoms with Crippen LogP contribution >= 0.6 is 11.3 Å². The van der Waals surface area contributed by atoms with Crippen LogP contribution in [0.5, 0.6) is 0 Å². The molecule has 9 heteroatoms. The summed E-state index contributed by atoms with van der Waals surface area (Å²) >= 11 is 1.51. The second-order valence-electron chi connectivity index (χ2n) is 5.91. The molecule has 0 atom stereocenters. The molecule has 0 aliphatic heterocycles.